The fraction of sp³-hybridized carbons (Fsp3) is 0.522. The monoisotopic (exact) mass is 381 g/mol. The Kier molecular flexibility index (Phi) is 6.57. The van der Waals surface area contributed by atoms with Gasteiger partial charge in [-0.25, -0.2) is 0 Å². The lowest BCUT2D eigenvalue weighted by Gasteiger charge is -2.30. The number of aromatic nitrogens is 1. The van der Waals surface area contributed by atoms with Crippen LogP contribution in [-0.2, 0) is 19.5 Å². The second-order valence-corrected chi connectivity index (χ2v) is 8.10. The van der Waals surface area contributed by atoms with Gasteiger partial charge in [-0.15, -0.1) is 0 Å². The van der Waals surface area contributed by atoms with Crippen molar-refractivity contribution in [1.29, 1.82) is 0 Å². The molecule has 0 spiro atoms. The zero-order chi connectivity index (χ0) is 19.2. The lowest BCUT2D eigenvalue weighted by atomic mass is 10.0. The van der Waals surface area contributed by atoms with Gasteiger partial charge in [0.25, 0.3) is 0 Å². The zero-order valence-corrected chi connectivity index (χ0v) is 16.5. The van der Waals surface area contributed by atoms with Crippen LogP contribution in [0.1, 0.15) is 42.4 Å². The number of hydrogen-bond acceptors (Lipinski definition) is 5. The molecule has 0 radical (unpaired) electrons. The number of aliphatic hydroxyl groups is 1. The molecule has 0 saturated heterocycles. The summed E-state index contributed by atoms with van der Waals surface area (Å²) in [6, 6.07) is 11.0. The molecule has 5 heteroatoms. The maximum Gasteiger partial charge on any atom is 0.119 e. The highest BCUT2D eigenvalue weighted by atomic mass is 16.5. The maximum absolute atomic E-state index is 10.4. The summed E-state index contributed by atoms with van der Waals surface area (Å²) in [7, 11) is 0. The third kappa shape index (κ3) is 5.31. The number of rotatable bonds is 8. The highest BCUT2D eigenvalue weighted by molar-refractivity contribution is 5.28. The maximum atomic E-state index is 10.4. The van der Waals surface area contributed by atoms with Crippen molar-refractivity contribution < 1.29 is 9.84 Å². The van der Waals surface area contributed by atoms with Gasteiger partial charge < -0.3 is 15.2 Å². The fourth-order valence-corrected chi connectivity index (χ4v) is 4.27. The third-order valence-corrected chi connectivity index (χ3v) is 5.86. The van der Waals surface area contributed by atoms with E-state index in [0.717, 1.165) is 31.8 Å². The third-order valence-electron chi connectivity index (χ3n) is 5.86. The standard InChI is InChI=1S/C23H31N3O2/c27-22(16-26-11-9-19-14-24-10-8-20(19)15-26)17-28-23-7-3-4-18(12-23)13-25-21-5-1-2-6-21/h3-4,7-8,10,12,14,21-22,25,27H,1-2,5-6,9,11,13,15-17H2. The van der Waals surface area contributed by atoms with Crippen LogP contribution in [0.3, 0.4) is 0 Å². The summed E-state index contributed by atoms with van der Waals surface area (Å²) in [5.74, 6) is 0.833. The molecule has 1 aromatic carbocycles. The normalized spacial score (nSPS) is 18.8. The molecule has 1 aliphatic heterocycles. The molecule has 1 aromatic heterocycles. The number of ether oxygens (including phenoxy) is 1. The largest absolute Gasteiger partial charge is 0.491 e. The molecular formula is C23H31N3O2. The Morgan fingerprint density at radius 3 is 3.00 bits per heavy atom. The van der Waals surface area contributed by atoms with Crippen LogP contribution in [-0.4, -0.2) is 46.8 Å². The minimum atomic E-state index is -0.497. The molecule has 1 fully saturated rings. The van der Waals surface area contributed by atoms with E-state index in [1.54, 1.807) is 0 Å². The molecule has 1 saturated carbocycles. The summed E-state index contributed by atoms with van der Waals surface area (Å²) in [4.78, 5) is 6.49. The summed E-state index contributed by atoms with van der Waals surface area (Å²) in [5, 5.41) is 14.1. The van der Waals surface area contributed by atoms with E-state index in [0.29, 0.717) is 19.2 Å². The number of nitrogens with zero attached hydrogens (tertiary/aromatic N) is 2. The van der Waals surface area contributed by atoms with Crippen molar-refractivity contribution in [2.45, 2.75) is 57.3 Å². The van der Waals surface area contributed by atoms with Crippen LogP contribution in [0.25, 0.3) is 0 Å². The van der Waals surface area contributed by atoms with Crippen molar-refractivity contribution in [3.8, 4) is 5.75 Å². The van der Waals surface area contributed by atoms with E-state index in [1.165, 1.54) is 42.4 Å². The van der Waals surface area contributed by atoms with Crippen LogP contribution in [0.5, 0.6) is 5.75 Å². The predicted molar refractivity (Wildman–Crippen MR) is 110 cm³/mol. The number of β-amino-alcohol motifs (C(OH)–C–C–N with tert-alkyl or cyclic N) is 1. The number of aliphatic hydroxyl groups excluding tert-OH is 1. The summed E-state index contributed by atoms with van der Waals surface area (Å²) in [5.41, 5.74) is 3.88. The lowest BCUT2D eigenvalue weighted by Crippen LogP contribution is -2.38. The van der Waals surface area contributed by atoms with E-state index in [4.69, 9.17) is 4.74 Å². The van der Waals surface area contributed by atoms with E-state index in [-0.39, 0.29) is 0 Å². The molecule has 1 unspecified atom stereocenters. The molecule has 0 bridgehead atoms. The van der Waals surface area contributed by atoms with Crippen molar-refractivity contribution in [1.82, 2.24) is 15.2 Å². The van der Waals surface area contributed by atoms with Crippen LogP contribution in [0.15, 0.2) is 42.7 Å². The highest BCUT2D eigenvalue weighted by Gasteiger charge is 2.19. The van der Waals surface area contributed by atoms with E-state index in [2.05, 4.69) is 33.4 Å². The van der Waals surface area contributed by atoms with Crippen LogP contribution in [0, 0.1) is 0 Å². The molecule has 5 nitrogen and oxygen atoms in total. The molecule has 150 valence electrons. The van der Waals surface area contributed by atoms with Gasteiger partial charge in [-0.3, -0.25) is 9.88 Å². The average Bonchev–Trinajstić information content (AvgIpc) is 3.25. The molecule has 0 amide bonds. The summed E-state index contributed by atoms with van der Waals surface area (Å²) < 4.78 is 5.88. The first-order valence-corrected chi connectivity index (χ1v) is 10.5. The topological polar surface area (TPSA) is 57.6 Å². The number of pyridine rings is 1. The Morgan fingerprint density at radius 1 is 1.21 bits per heavy atom. The Balaban J connectivity index is 1.22. The van der Waals surface area contributed by atoms with E-state index in [1.807, 2.05) is 24.5 Å². The molecule has 28 heavy (non-hydrogen) atoms. The van der Waals surface area contributed by atoms with Crippen LogP contribution in [0.4, 0.5) is 0 Å². The molecule has 4 rings (SSSR count). The molecule has 2 heterocycles. The first kappa shape index (κ1) is 19.4. The van der Waals surface area contributed by atoms with Crippen LogP contribution < -0.4 is 10.1 Å². The smallest absolute Gasteiger partial charge is 0.119 e. The number of benzene rings is 1. The summed E-state index contributed by atoms with van der Waals surface area (Å²) >= 11 is 0. The molecular weight excluding hydrogens is 350 g/mol. The second kappa shape index (κ2) is 9.50. The van der Waals surface area contributed by atoms with Gasteiger partial charge in [-0.1, -0.05) is 25.0 Å². The van der Waals surface area contributed by atoms with E-state index in [9.17, 15) is 5.11 Å². The first-order chi connectivity index (χ1) is 13.8. The minimum absolute atomic E-state index is 0.319. The van der Waals surface area contributed by atoms with Crippen molar-refractivity contribution in [3.05, 3.63) is 59.4 Å². The average molecular weight is 382 g/mol. The quantitative estimate of drug-likeness (QED) is 0.736. The Bertz CT molecular complexity index is 761. The van der Waals surface area contributed by atoms with Gasteiger partial charge in [0, 0.05) is 44.6 Å². The number of hydrogen-bond donors (Lipinski definition) is 2. The number of fused-ring (bicyclic) bond motifs is 1. The Morgan fingerprint density at radius 2 is 2.11 bits per heavy atom. The highest BCUT2D eigenvalue weighted by Crippen LogP contribution is 2.20. The molecule has 2 N–H and O–H groups in total. The summed E-state index contributed by atoms with van der Waals surface area (Å²) in [6.45, 7) is 3.66. The van der Waals surface area contributed by atoms with Gasteiger partial charge >= 0.3 is 0 Å². The zero-order valence-electron chi connectivity index (χ0n) is 16.5. The van der Waals surface area contributed by atoms with Gasteiger partial charge in [-0.05, 0) is 54.2 Å². The van der Waals surface area contributed by atoms with Crippen LogP contribution >= 0.6 is 0 Å². The van der Waals surface area contributed by atoms with Gasteiger partial charge in [0.05, 0.1) is 0 Å². The SMILES string of the molecule is OC(COc1cccc(CNC2CCCC2)c1)CN1CCc2cnccc2C1. The van der Waals surface area contributed by atoms with Crippen molar-refractivity contribution in [3.63, 3.8) is 0 Å². The van der Waals surface area contributed by atoms with Gasteiger partial charge in [-0.2, -0.15) is 0 Å². The summed E-state index contributed by atoms with van der Waals surface area (Å²) in [6.07, 6.45) is 9.57. The number of nitrogens with one attached hydrogen (secondary N) is 1. The van der Waals surface area contributed by atoms with Crippen molar-refractivity contribution >= 4 is 0 Å². The van der Waals surface area contributed by atoms with Crippen LogP contribution in [0.2, 0.25) is 0 Å². The minimum Gasteiger partial charge on any atom is -0.491 e. The predicted octanol–water partition coefficient (Wildman–Crippen LogP) is 2.91. The molecule has 1 aliphatic carbocycles. The van der Waals surface area contributed by atoms with Gasteiger partial charge in [0.15, 0.2) is 0 Å². The van der Waals surface area contributed by atoms with Crippen molar-refractivity contribution in [2.24, 2.45) is 0 Å². The Hall–Kier alpha value is -1.95. The lowest BCUT2D eigenvalue weighted by molar-refractivity contribution is 0.0637. The fourth-order valence-electron chi connectivity index (χ4n) is 4.27. The molecule has 2 aromatic rings. The Labute approximate surface area is 167 Å². The van der Waals surface area contributed by atoms with E-state index < -0.39 is 6.10 Å². The van der Waals surface area contributed by atoms with Gasteiger partial charge in [0.2, 0.25) is 0 Å². The van der Waals surface area contributed by atoms with Crippen molar-refractivity contribution in [2.75, 3.05) is 19.7 Å². The first-order valence-electron chi connectivity index (χ1n) is 10.5. The van der Waals surface area contributed by atoms with Gasteiger partial charge in [0.1, 0.15) is 18.5 Å². The molecule has 2 aliphatic rings. The van der Waals surface area contributed by atoms with E-state index >= 15 is 0 Å². The molecule has 1 atom stereocenters. The second-order valence-electron chi connectivity index (χ2n) is 8.10.